The van der Waals surface area contributed by atoms with Gasteiger partial charge in [0.25, 0.3) is 0 Å². The molecule has 0 atom stereocenters. The summed E-state index contributed by atoms with van der Waals surface area (Å²) in [5.41, 5.74) is 1.73. The molecular formula is C17H17NO7S. The topological polar surface area (TPSA) is 100 Å². The van der Waals surface area contributed by atoms with Crippen LogP contribution >= 0.6 is 12.6 Å². The van der Waals surface area contributed by atoms with E-state index in [2.05, 4.69) is 27.4 Å². The molecule has 1 amide bonds. The number of hydrogen-bond donors (Lipinski definition) is 2. The molecule has 1 N–H and O–H groups in total. The average Bonchev–Trinajstić information content (AvgIpc) is 2.77. The fourth-order valence-corrected chi connectivity index (χ4v) is 2.45. The lowest BCUT2D eigenvalue weighted by atomic mass is 10.2. The summed E-state index contributed by atoms with van der Waals surface area (Å²) in [6.45, 7) is 1.26. The monoisotopic (exact) mass is 379 g/mol. The molecule has 0 heterocycles. The van der Waals surface area contributed by atoms with E-state index in [0.29, 0.717) is 16.9 Å². The summed E-state index contributed by atoms with van der Waals surface area (Å²) in [6, 6.07) is 6.85. The van der Waals surface area contributed by atoms with Crippen molar-refractivity contribution in [1.82, 2.24) is 0 Å². The smallest absolute Gasteiger partial charge is 0.437 e. The first kappa shape index (κ1) is 19.4. The average molecular weight is 379 g/mol. The lowest BCUT2D eigenvalue weighted by Crippen LogP contribution is -2.13. The Balaban J connectivity index is 2.75. The molecule has 0 saturated carbocycles. The van der Waals surface area contributed by atoms with E-state index < -0.39 is 18.2 Å². The fourth-order valence-electron chi connectivity index (χ4n) is 2.24. The largest absolute Gasteiger partial charge is 0.513 e. The molecule has 0 radical (unpaired) electrons. The maximum atomic E-state index is 11.6. The molecule has 138 valence electrons. The molecule has 0 unspecified atom stereocenters. The summed E-state index contributed by atoms with van der Waals surface area (Å²) in [5.74, 6) is -0.00867. The number of hydrogen-bond acceptors (Lipinski definition) is 8. The van der Waals surface area contributed by atoms with Gasteiger partial charge in [0.1, 0.15) is 5.69 Å². The molecule has 8 nitrogen and oxygen atoms in total. The van der Waals surface area contributed by atoms with E-state index in [0.717, 1.165) is 19.8 Å². The first-order valence-electron chi connectivity index (χ1n) is 7.39. The molecule has 2 aliphatic rings. The minimum atomic E-state index is -0.992. The van der Waals surface area contributed by atoms with Crippen molar-refractivity contribution in [3.8, 4) is 22.6 Å². The number of anilines is 1. The quantitative estimate of drug-likeness (QED) is 0.620. The Morgan fingerprint density at radius 1 is 0.923 bits per heavy atom. The normalized spacial score (nSPS) is 10.2. The van der Waals surface area contributed by atoms with Gasteiger partial charge in [0, 0.05) is 23.8 Å². The minimum absolute atomic E-state index is 0.0118. The molecule has 0 aliphatic heterocycles. The maximum Gasteiger partial charge on any atom is 0.513 e. The van der Waals surface area contributed by atoms with Gasteiger partial charge in [0.15, 0.2) is 11.5 Å². The van der Waals surface area contributed by atoms with E-state index in [9.17, 15) is 14.4 Å². The van der Waals surface area contributed by atoms with Crippen molar-refractivity contribution < 1.29 is 33.3 Å². The van der Waals surface area contributed by atoms with Gasteiger partial charge in [-0.3, -0.25) is 4.79 Å². The zero-order valence-electron chi connectivity index (χ0n) is 14.3. The van der Waals surface area contributed by atoms with E-state index in [1.165, 1.54) is 6.92 Å². The van der Waals surface area contributed by atoms with Crippen molar-refractivity contribution in [3.63, 3.8) is 0 Å². The zero-order chi connectivity index (χ0) is 19.3. The van der Waals surface area contributed by atoms with Gasteiger partial charge in [-0.1, -0.05) is 24.3 Å². The third-order valence-corrected chi connectivity index (χ3v) is 3.71. The predicted molar refractivity (Wildman–Crippen MR) is 96.1 cm³/mol. The number of nitrogens with one attached hydrogen (secondary N) is 1. The highest BCUT2D eigenvalue weighted by molar-refractivity contribution is 7.79. The fraction of sp³-hybridized carbons (Fsp3) is 0.235. The van der Waals surface area contributed by atoms with Crippen LogP contribution in [0.25, 0.3) is 11.1 Å². The molecule has 0 bridgehead atoms. The molecule has 2 aliphatic carbocycles. The van der Waals surface area contributed by atoms with Gasteiger partial charge < -0.3 is 24.3 Å². The number of ether oxygens (including phenoxy) is 4. The highest BCUT2D eigenvalue weighted by Gasteiger charge is 2.30. The Morgan fingerprint density at radius 2 is 1.38 bits per heavy atom. The zero-order valence-corrected chi connectivity index (χ0v) is 15.2. The van der Waals surface area contributed by atoms with Gasteiger partial charge in [-0.2, -0.15) is 12.6 Å². The van der Waals surface area contributed by atoms with E-state index >= 15 is 0 Å². The Kier molecular flexibility index (Phi) is 6.29. The number of carbonyl (C=O) groups is 3. The Labute approximate surface area is 155 Å². The Bertz CT molecular complexity index is 765. The van der Waals surface area contributed by atoms with Crippen molar-refractivity contribution >= 4 is 36.5 Å². The molecule has 0 saturated heterocycles. The Hall–Kier alpha value is -2.94. The number of carbonyl (C=O) groups excluding carboxylic acids is 3. The standard InChI is InChI=1S/C17H17NO7S/c1-9(19)18-13-14(24-16(20)22-2)11-6-4-10(8-26)5-7-12(11)15(13)25-17(21)23-3/h4-7,26H,8H2,1-3H3,(H,18,19). The van der Waals surface area contributed by atoms with Gasteiger partial charge in [-0.15, -0.1) is 0 Å². The van der Waals surface area contributed by atoms with E-state index in [1.807, 2.05) is 0 Å². The van der Waals surface area contributed by atoms with Crippen LogP contribution in [-0.4, -0.2) is 32.4 Å². The molecule has 0 fully saturated rings. The molecule has 26 heavy (non-hydrogen) atoms. The lowest BCUT2D eigenvalue weighted by Gasteiger charge is -2.08. The second kappa shape index (κ2) is 8.43. The van der Waals surface area contributed by atoms with Gasteiger partial charge >= 0.3 is 12.3 Å². The van der Waals surface area contributed by atoms with Crippen LogP contribution in [-0.2, 0) is 20.0 Å². The summed E-state index contributed by atoms with van der Waals surface area (Å²) in [7, 11) is 2.30. The summed E-state index contributed by atoms with van der Waals surface area (Å²) in [4.78, 5) is 34.9. The highest BCUT2D eigenvalue weighted by atomic mass is 32.1. The molecular weight excluding hydrogens is 362 g/mol. The van der Waals surface area contributed by atoms with Crippen LogP contribution in [0.4, 0.5) is 15.3 Å². The van der Waals surface area contributed by atoms with Crippen molar-refractivity contribution in [1.29, 1.82) is 0 Å². The molecule has 0 spiro atoms. The van der Waals surface area contributed by atoms with Crippen LogP contribution < -0.4 is 14.8 Å². The first-order chi connectivity index (χ1) is 12.4. The number of methoxy groups -OCH3 is 2. The molecule has 0 aromatic rings. The van der Waals surface area contributed by atoms with Crippen molar-refractivity contribution in [3.05, 3.63) is 29.8 Å². The number of thiol groups is 1. The third-order valence-electron chi connectivity index (χ3n) is 3.35. The number of fused-ring (bicyclic) bond motifs is 1. The molecule has 0 aromatic carbocycles. The molecule has 2 rings (SSSR count). The summed E-state index contributed by atoms with van der Waals surface area (Å²) < 4.78 is 19.4. The third kappa shape index (κ3) is 4.17. The van der Waals surface area contributed by atoms with Crippen molar-refractivity contribution in [2.24, 2.45) is 0 Å². The Morgan fingerprint density at radius 3 is 1.73 bits per heavy atom. The van der Waals surface area contributed by atoms with Crippen molar-refractivity contribution in [2.45, 2.75) is 12.7 Å². The van der Waals surface area contributed by atoms with E-state index in [1.54, 1.807) is 24.3 Å². The molecule has 0 aromatic heterocycles. The van der Waals surface area contributed by atoms with Gasteiger partial charge in [0.2, 0.25) is 5.91 Å². The lowest BCUT2D eigenvalue weighted by molar-refractivity contribution is -0.114. The maximum absolute atomic E-state index is 11.6. The van der Waals surface area contributed by atoms with Crippen LogP contribution in [0.1, 0.15) is 12.5 Å². The number of amides is 1. The van der Waals surface area contributed by atoms with Crippen LogP contribution in [0.2, 0.25) is 0 Å². The second-order valence-electron chi connectivity index (χ2n) is 5.05. The van der Waals surface area contributed by atoms with E-state index in [-0.39, 0.29) is 17.2 Å². The SMILES string of the molecule is COC(=O)Oc1c2ccc(CS)ccc-2c(OC(=O)OC)c1NC(C)=O. The predicted octanol–water partition coefficient (Wildman–Crippen LogP) is 3.47. The summed E-state index contributed by atoms with van der Waals surface area (Å²) >= 11 is 4.22. The second-order valence-corrected chi connectivity index (χ2v) is 5.37. The van der Waals surface area contributed by atoms with Crippen LogP contribution in [0.5, 0.6) is 11.5 Å². The summed E-state index contributed by atoms with van der Waals surface area (Å²) in [5, 5.41) is 2.51. The first-order valence-corrected chi connectivity index (χ1v) is 8.03. The number of rotatable bonds is 4. The van der Waals surface area contributed by atoms with E-state index in [4.69, 9.17) is 9.47 Å². The molecule has 9 heteroatoms. The van der Waals surface area contributed by atoms with Crippen LogP contribution in [0, 0.1) is 0 Å². The van der Waals surface area contributed by atoms with Gasteiger partial charge in [-0.25, -0.2) is 9.59 Å². The van der Waals surface area contributed by atoms with Crippen LogP contribution in [0.3, 0.4) is 0 Å². The van der Waals surface area contributed by atoms with Crippen molar-refractivity contribution in [2.75, 3.05) is 19.5 Å². The summed E-state index contributed by atoms with van der Waals surface area (Å²) in [6.07, 6.45) is -1.98. The highest BCUT2D eigenvalue weighted by Crippen LogP contribution is 2.52. The van der Waals surface area contributed by atoms with Crippen LogP contribution in [0.15, 0.2) is 24.3 Å². The minimum Gasteiger partial charge on any atom is -0.437 e. The van der Waals surface area contributed by atoms with Gasteiger partial charge in [0.05, 0.1) is 14.2 Å². The van der Waals surface area contributed by atoms with Gasteiger partial charge in [-0.05, 0) is 5.56 Å².